The predicted molar refractivity (Wildman–Crippen MR) is 71.6 cm³/mol. The Morgan fingerprint density at radius 1 is 1.22 bits per heavy atom. The van der Waals surface area contributed by atoms with Crippen LogP contribution in [0.3, 0.4) is 0 Å². The van der Waals surface area contributed by atoms with Crippen LogP contribution in [-0.2, 0) is 4.79 Å². The van der Waals surface area contributed by atoms with E-state index in [0.29, 0.717) is 5.15 Å². The zero-order valence-electron chi connectivity index (χ0n) is 10.1. The van der Waals surface area contributed by atoms with E-state index in [0.717, 1.165) is 16.9 Å². The molecule has 2 aromatic rings. The lowest BCUT2D eigenvalue weighted by Gasteiger charge is -2.15. The summed E-state index contributed by atoms with van der Waals surface area (Å²) in [6, 6.07) is 11.0. The maximum Gasteiger partial charge on any atom is 0.223 e. The maximum absolute atomic E-state index is 11.3. The van der Waals surface area contributed by atoms with Crippen LogP contribution in [-0.4, -0.2) is 23.2 Å². The summed E-state index contributed by atoms with van der Waals surface area (Å²) in [5.74, 6) is -0.0191. The zero-order valence-corrected chi connectivity index (χ0v) is 10.8. The Labute approximate surface area is 110 Å². The Kier molecular flexibility index (Phi) is 3.58. The third-order valence-corrected chi connectivity index (χ3v) is 2.84. The SMILES string of the molecule is CC(=O)N(C)c1cccc(-c2ccc(Cl)nn2)c1. The summed E-state index contributed by atoms with van der Waals surface area (Å²) in [5, 5.41) is 8.17. The van der Waals surface area contributed by atoms with E-state index in [9.17, 15) is 4.79 Å². The zero-order chi connectivity index (χ0) is 13.1. The molecule has 0 aliphatic carbocycles. The van der Waals surface area contributed by atoms with Crippen LogP contribution in [0.5, 0.6) is 0 Å². The largest absolute Gasteiger partial charge is 0.316 e. The number of halogens is 1. The van der Waals surface area contributed by atoms with Gasteiger partial charge in [-0.1, -0.05) is 23.7 Å². The van der Waals surface area contributed by atoms with Gasteiger partial charge in [0.1, 0.15) is 0 Å². The second kappa shape index (κ2) is 5.14. The van der Waals surface area contributed by atoms with Crippen LogP contribution in [0.15, 0.2) is 36.4 Å². The first-order chi connectivity index (χ1) is 8.58. The Hall–Kier alpha value is -1.94. The van der Waals surface area contributed by atoms with Crippen molar-refractivity contribution in [3.63, 3.8) is 0 Å². The predicted octanol–water partition coefficient (Wildman–Crippen LogP) is 2.78. The van der Waals surface area contributed by atoms with E-state index in [4.69, 9.17) is 11.6 Å². The maximum atomic E-state index is 11.3. The lowest BCUT2D eigenvalue weighted by molar-refractivity contribution is -0.116. The molecule has 1 aromatic heterocycles. The molecule has 92 valence electrons. The number of carbonyl (C=O) groups excluding carboxylic acids is 1. The topological polar surface area (TPSA) is 46.1 Å². The standard InChI is InChI=1S/C13H12ClN3O/c1-9(18)17(2)11-5-3-4-10(8-11)12-6-7-13(14)16-15-12/h3-8H,1-2H3. The first kappa shape index (κ1) is 12.5. The van der Waals surface area contributed by atoms with Gasteiger partial charge in [-0.2, -0.15) is 0 Å². The van der Waals surface area contributed by atoms with Gasteiger partial charge in [0, 0.05) is 25.2 Å². The molecule has 0 fully saturated rings. The molecule has 0 unspecified atom stereocenters. The minimum Gasteiger partial charge on any atom is -0.316 e. The molecule has 1 aromatic carbocycles. The molecule has 1 heterocycles. The number of benzene rings is 1. The van der Waals surface area contributed by atoms with E-state index in [1.165, 1.54) is 6.92 Å². The number of aromatic nitrogens is 2. The van der Waals surface area contributed by atoms with Crippen LogP contribution in [0.2, 0.25) is 5.15 Å². The van der Waals surface area contributed by atoms with Crippen LogP contribution in [0.1, 0.15) is 6.92 Å². The molecule has 0 spiro atoms. The molecular weight excluding hydrogens is 250 g/mol. The second-order valence-corrected chi connectivity index (χ2v) is 4.26. The fraction of sp³-hybridized carbons (Fsp3) is 0.154. The molecule has 0 bridgehead atoms. The van der Waals surface area contributed by atoms with E-state index >= 15 is 0 Å². The van der Waals surface area contributed by atoms with Gasteiger partial charge in [0.05, 0.1) is 5.69 Å². The summed E-state index contributed by atoms with van der Waals surface area (Å²) >= 11 is 5.70. The van der Waals surface area contributed by atoms with Crippen LogP contribution >= 0.6 is 11.6 Å². The van der Waals surface area contributed by atoms with E-state index < -0.39 is 0 Å². The molecule has 4 nitrogen and oxygen atoms in total. The summed E-state index contributed by atoms with van der Waals surface area (Å²) in [7, 11) is 1.73. The lowest BCUT2D eigenvalue weighted by atomic mass is 10.1. The highest BCUT2D eigenvalue weighted by Crippen LogP contribution is 2.22. The van der Waals surface area contributed by atoms with Gasteiger partial charge in [0.2, 0.25) is 5.91 Å². The first-order valence-corrected chi connectivity index (χ1v) is 5.79. The Bertz CT molecular complexity index is 569. The van der Waals surface area contributed by atoms with Crippen molar-refractivity contribution in [3.8, 4) is 11.3 Å². The van der Waals surface area contributed by atoms with Crippen molar-refractivity contribution in [2.24, 2.45) is 0 Å². The highest BCUT2D eigenvalue weighted by atomic mass is 35.5. The molecule has 5 heteroatoms. The first-order valence-electron chi connectivity index (χ1n) is 5.42. The number of amides is 1. The van der Waals surface area contributed by atoms with Crippen LogP contribution in [0.25, 0.3) is 11.3 Å². The van der Waals surface area contributed by atoms with Crippen molar-refractivity contribution < 1.29 is 4.79 Å². The van der Waals surface area contributed by atoms with Gasteiger partial charge in [0.25, 0.3) is 0 Å². The lowest BCUT2D eigenvalue weighted by Crippen LogP contribution is -2.22. The Morgan fingerprint density at radius 3 is 2.61 bits per heavy atom. The number of hydrogen-bond donors (Lipinski definition) is 0. The second-order valence-electron chi connectivity index (χ2n) is 3.87. The van der Waals surface area contributed by atoms with E-state index in [1.54, 1.807) is 24.1 Å². The van der Waals surface area contributed by atoms with Gasteiger partial charge >= 0.3 is 0 Å². The third-order valence-electron chi connectivity index (χ3n) is 2.63. The molecule has 1 amide bonds. The average molecular weight is 262 g/mol. The van der Waals surface area contributed by atoms with Gasteiger partial charge in [0.15, 0.2) is 5.15 Å². The van der Waals surface area contributed by atoms with Crippen molar-refractivity contribution in [1.29, 1.82) is 0 Å². The molecule has 0 N–H and O–H groups in total. The molecule has 0 saturated carbocycles. The quantitative estimate of drug-likeness (QED) is 0.835. The fourth-order valence-corrected chi connectivity index (χ4v) is 1.63. The summed E-state index contributed by atoms with van der Waals surface area (Å²) in [6.45, 7) is 1.52. The van der Waals surface area contributed by atoms with Crippen molar-refractivity contribution >= 4 is 23.2 Å². The summed E-state index contributed by atoms with van der Waals surface area (Å²) in [5.41, 5.74) is 2.43. The number of hydrogen-bond acceptors (Lipinski definition) is 3. The minimum atomic E-state index is -0.0191. The summed E-state index contributed by atoms with van der Waals surface area (Å²) in [6.07, 6.45) is 0. The highest BCUT2D eigenvalue weighted by molar-refractivity contribution is 6.29. The van der Waals surface area contributed by atoms with Crippen LogP contribution in [0.4, 0.5) is 5.69 Å². The van der Waals surface area contributed by atoms with Gasteiger partial charge in [-0.3, -0.25) is 4.79 Å². The molecule has 2 rings (SSSR count). The molecule has 0 saturated heterocycles. The molecule has 18 heavy (non-hydrogen) atoms. The van der Waals surface area contributed by atoms with Crippen LogP contribution in [0, 0.1) is 0 Å². The van der Waals surface area contributed by atoms with Gasteiger partial charge < -0.3 is 4.90 Å². The highest BCUT2D eigenvalue weighted by Gasteiger charge is 2.07. The number of rotatable bonds is 2. The van der Waals surface area contributed by atoms with E-state index in [-0.39, 0.29) is 5.91 Å². The third kappa shape index (κ3) is 2.65. The summed E-state index contributed by atoms with van der Waals surface area (Å²) in [4.78, 5) is 12.9. The van der Waals surface area contributed by atoms with Crippen molar-refractivity contribution in [2.75, 3.05) is 11.9 Å². The molecular formula is C13H12ClN3O. The molecule has 0 aliphatic rings. The Balaban J connectivity index is 2.38. The van der Waals surface area contributed by atoms with Crippen LogP contribution < -0.4 is 4.90 Å². The van der Waals surface area contributed by atoms with E-state index in [1.807, 2.05) is 24.3 Å². The van der Waals surface area contributed by atoms with Crippen molar-refractivity contribution in [3.05, 3.63) is 41.6 Å². The molecule has 0 radical (unpaired) electrons. The Morgan fingerprint density at radius 2 is 2.00 bits per heavy atom. The smallest absolute Gasteiger partial charge is 0.223 e. The monoisotopic (exact) mass is 261 g/mol. The van der Waals surface area contributed by atoms with Crippen molar-refractivity contribution in [2.45, 2.75) is 6.92 Å². The average Bonchev–Trinajstić information content (AvgIpc) is 2.38. The van der Waals surface area contributed by atoms with Gasteiger partial charge in [-0.25, -0.2) is 0 Å². The molecule has 0 aliphatic heterocycles. The van der Waals surface area contributed by atoms with Gasteiger partial charge in [-0.15, -0.1) is 10.2 Å². The molecule has 0 atom stereocenters. The summed E-state index contributed by atoms with van der Waals surface area (Å²) < 4.78 is 0. The van der Waals surface area contributed by atoms with Crippen molar-refractivity contribution in [1.82, 2.24) is 10.2 Å². The number of anilines is 1. The van der Waals surface area contributed by atoms with E-state index in [2.05, 4.69) is 10.2 Å². The minimum absolute atomic E-state index is 0.0191. The number of nitrogens with zero attached hydrogens (tertiary/aromatic N) is 3. The normalized spacial score (nSPS) is 10.2. The van der Waals surface area contributed by atoms with Gasteiger partial charge in [-0.05, 0) is 24.3 Å². The number of carbonyl (C=O) groups is 1. The fourth-order valence-electron chi connectivity index (χ4n) is 1.53.